The zero-order valence-electron chi connectivity index (χ0n) is 15.1. The Labute approximate surface area is 161 Å². The van der Waals surface area contributed by atoms with E-state index in [4.69, 9.17) is 0 Å². The van der Waals surface area contributed by atoms with Crippen LogP contribution in [-0.2, 0) is 14.8 Å². The van der Waals surface area contributed by atoms with Gasteiger partial charge in [0.25, 0.3) is 11.6 Å². The largest absolute Gasteiger partial charge is 0.507 e. The lowest BCUT2D eigenvalue weighted by atomic mass is 10.1. The molecule has 10 nitrogen and oxygen atoms in total. The Balaban J connectivity index is 2.21. The number of sulfonamides is 1. The van der Waals surface area contributed by atoms with Crippen LogP contribution in [-0.4, -0.2) is 42.9 Å². The zero-order chi connectivity index (χ0) is 20.9. The average molecular weight is 406 g/mol. The van der Waals surface area contributed by atoms with Crippen LogP contribution in [0.2, 0.25) is 0 Å². The predicted octanol–water partition coefficient (Wildman–Crippen LogP) is 1.61. The lowest BCUT2D eigenvalue weighted by Crippen LogP contribution is -2.39. The van der Waals surface area contributed by atoms with Gasteiger partial charge in [-0.05, 0) is 25.1 Å². The van der Waals surface area contributed by atoms with E-state index in [0.29, 0.717) is 11.3 Å². The summed E-state index contributed by atoms with van der Waals surface area (Å²) in [6.45, 7) is 0.932. The van der Waals surface area contributed by atoms with Crippen molar-refractivity contribution < 1.29 is 23.2 Å². The Morgan fingerprint density at radius 3 is 2.54 bits per heavy atom. The number of carbonyl (C=O) groups excluding carboxylic acids is 1. The average Bonchev–Trinajstić information content (AvgIpc) is 2.63. The summed E-state index contributed by atoms with van der Waals surface area (Å²) in [5.74, 6) is -0.779. The molecule has 0 saturated heterocycles. The quantitative estimate of drug-likeness (QED) is 0.406. The predicted molar refractivity (Wildman–Crippen MR) is 104 cm³/mol. The number of amides is 1. The number of non-ortho nitro benzene ring substituents is 1. The van der Waals surface area contributed by atoms with Gasteiger partial charge in [-0.3, -0.25) is 19.2 Å². The maximum atomic E-state index is 12.2. The molecule has 0 aliphatic carbocycles. The van der Waals surface area contributed by atoms with E-state index in [1.165, 1.54) is 24.3 Å². The molecule has 0 aliphatic heterocycles. The van der Waals surface area contributed by atoms with Crippen molar-refractivity contribution in [3.63, 3.8) is 0 Å². The SMILES string of the molecule is C/C(=N/NC(=O)CN(c1cccc([N+](=O)[O-])c1)S(C)(=O)=O)c1ccccc1O. The van der Waals surface area contributed by atoms with E-state index in [1.807, 2.05) is 0 Å². The van der Waals surface area contributed by atoms with Gasteiger partial charge in [0.15, 0.2) is 0 Å². The van der Waals surface area contributed by atoms with Crippen LogP contribution in [0.5, 0.6) is 5.75 Å². The number of rotatable bonds is 7. The summed E-state index contributed by atoms with van der Waals surface area (Å²) in [6.07, 6.45) is 0.885. The lowest BCUT2D eigenvalue weighted by Gasteiger charge is -2.21. The molecule has 2 N–H and O–H groups in total. The molecule has 0 saturated carbocycles. The lowest BCUT2D eigenvalue weighted by molar-refractivity contribution is -0.384. The Kier molecular flexibility index (Phi) is 6.31. The molecule has 0 unspecified atom stereocenters. The fraction of sp³-hybridized carbons (Fsp3) is 0.176. The van der Waals surface area contributed by atoms with E-state index in [1.54, 1.807) is 25.1 Å². The fourth-order valence-corrected chi connectivity index (χ4v) is 3.16. The van der Waals surface area contributed by atoms with Crippen LogP contribution in [0.4, 0.5) is 11.4 Å². The number of hydrogen-bond donors (Lipinski definition) is 2. The molecule has 2 aromatic carbocycles. The summed E-state index contributed by atoms with van der Waals surface area (Å²) in [4.78, 5) is 22.4. The van der Waals surface area contributed by atoms with Crippen molar-refractivity contribution in [1.29, 1.82) is 0 Å². The van der Waals surface area contributed by atoms with Crippen molar-refractivity contribution in [1.82, 2.24) is 5.43 Å². The summed E-state index contributed by atoms with van der Waals surface area (Å²) in [5.41, 5.74) is 2.61. The van der Waals surface area contributed by atoms with Crippen LogP contribution in [0.15, 0.2) is 53.6 Å². The van der Waals surface area contributed by atoms with Crippen molar-refractivity contribution in [2.24, 2.45) is 5.10 Å². The number of hydrogen-bond acceptors (Lipinski definition) is 7. The number of nitro benzene ring substituents is 1. The summed E-state index contributed by atoms with van der Waals surface area (Å²) in [5, 5.41) is 24.5. The van der Waals surface area contributed by atoms with Gasteiger partial charge in [-0.15, -0.1) is 0 Å². The maximum absolute atomic E-state index is 12.2. The standard InChI is InChI=1S/C17H18N4O6S/c1-12(15-8-3-4-9-16(15)22)18-19-17(23)11-20(28(2,26)27)13-6-5-7-14(10-13)21(24)25/h3-10,22H,11H2,1-2H3,(H,19,23)/b18-12-. The fourth-order valence-electron chi connectivity index (χ4n) is 2.31. The molecule has 0 fully saturated rings. The second-order valence-corrected chi connectivity index (χ2v) is 7.70. The molecule has 0 heterocycles. The van der Waals surface area contributed by atoms with Gasteiger partial charge in [-0.25, -0.2) is 13.8 Å². The molecule has 0 aliphatic rings. The highest BCUT2D eigenvalue weighted by atomic mass is 32.2. The third-order valence-electron chi connectivity index (χ3n) is 3.66. The minimum Gasteiger partial charge on any atom is -0.507 e. The van der Waals surface area contributed by atoms with E-state index < -0.39 is 27.4 Å². The molecule has 0 bridgehead atoms. The zero-order valence-corrected chi connectivity index (χ0v) is 15.9. The molecule has 0 aromatic heterocycles. The second kappa shape index (κ2) is 8.48. The van der Waals surface area contributed by atoms with Gasteiger partial charge in [0.1, 0.15) is 12.3 Å². The Hall–Kier alpha value is -3.47. The molecule has 28 heavy (non-hydrogen) atoms. The topological polar surface area (TPSA) is 142 Å². The number of anilines is 1. The minimum atomic E-state index is -3.89. The minimum absolute atomic E-state index is 0.0201. The number of hydrazone groups is 1. The van der Waals surface area contributed by atoms with E-state index in [9.17, 15) is 28.4 Å². The normalized spacial score (nSPS) is 11.7. The van der Waals surface area contributed by atoms with E-state index in [-0.39, 0.29) is 17.1 Å². The first-order valence-corrected chi connectivity index (χ1v) is 9.78. The third-order valence-corrected chi connectivity index (χ3v) is 4.80. The van der Waals surface area contributed by atoms with Gasteiger partial charge < -0.3 is 5.11 Å². The van der Waals surface area contributed by atoms with Gasteiger partial charge in [0, 0.05) is 17.7 Å². The molecule has 1 amide bonds. The van der Waals surface area contributed by atoms with Gasteiger partial charge in [0.05, 0.1) is 22.6 Å². The summed E-state index contributed by atoms with van der Waals surface area (Å²) in [6, 6.07) is 11.3. The van der Waals surface area contributed by atoms with Gasteiger partial charge >= 0.3 is 0 Å². The Morgan fingerprint density at radius 1 is 1.25 bits per heavy atom. The number of nitro groups is 1. The summed E-state index contributed by atoms with van der Waals surface area (Å²) >= 11 is 0. The molecule has 0 spiro atoms. The van der Waals surface area contributed by atoms with Crippen molar-refractivity contribution in [2.75, 3.05) is 17.1 Å². The first-order valence-electron chi connectivity index (χ1n) is 7.93. The van der Waals surface area contributed by atoms with Crippen molar-refractivity contribution in [3.8, 4) is 5.75 Å². The van der Waals surface area contributed by atoms with Gasteiger partial charge in [0.2, 0.25) is 10.0 Å². The Morgan fingerprint density at radius 2 is 1.93 bits per heavy atom. The van der Waals surface area contributed by atoms with Crippen LogP contribution >= 0.6 is 0 Å². The molecule has 0 radical (unpaired) electrons. The van der Waals surface area contributed by atoms with Crippen molar-refractivity contribution in [3.05, 3.63) is 64.2 Å². The molecular weight excluding hydrogens is 388 g/mol. The first kappa shape index (κ1) is 20.8. The van der Waals surface area contributed by atoms with E-state index in [0.717, 1.165) is 16.6 Å². The first-order chi connectivity index (χ1) is 13.1. The van der Waals surface area contributed by atoms with Crippen LogP contribution in [0, 0.1) is 10.1 Å². The molecular formula is C17H18N4O6S. The molecule has 0 atom stereocenters. The van der Waals surface area contributed by atoms with E-state index in [2.05, 4.69) is 10.5 Å². The van der Waals surface area contributed by atoms with Crippen LogP contribution in [0.1, 0.15) is 12.5 Å². The van der Waals surface area contributed by atoms with E-state index >= 15 is 0 Å². The van der Waals surface area contributed by atoms with Crippen molar-refractivity contribution >= 4 is 33.0 Å². The molecule has 2 aromatic rings. The molecule has 2 rings (SSSR count). The number of nitrogens with one attached hydrogen (secondary N) is 1. The maximum Gasteiger partial charge on any atom is 0.271 e. The van der Waals surface area contributed by atoms with Crippen LogP contribution in [0.25, 0.3) is 0 Å². The highest BCUT2D eigenvalue weighted by Crippen LogP contribution is 2.23. The van der Waals surface area contributed by atoms with Crippen molar-refractivity contribution in [2.45, 2.75) is 6.92 Å². The third kappa shape index (κ3) is 5.27. The highest BCUT2D eigenvalue weighted by Gasteiger charge is 2.22. The molecule has 11 heteroatoms. The second-order valence-electron chi connectivity index (χ2n) is 5.80. The Bertz CT molecular complexity index is 1040. The number of phenols is 1. The number of aromatic hydroxyl groups is 1. The van der Waals surface area contributed by atoms with Gasteiger partial charge in [-0.2, -0.15) is 5.10 Å². The number of benzene rings is 2. The van der Waals surface area contributed by atoms with Gasteiger partial charge in [-0.1, -0.05) is 18.2 Å². The smallest absolute Gasteiger partial charge is 0.271 e. The number of nitrogens with zero attached hydrogens (tertiary/aromatic N) is 3. The number of carbonyl (C=O) groups is 1. The molecule has 148 valence electrons. The monoisotopic (exact) mass is 406 g/mol. The summed E-state index contributed by atoms with van der Waals surface area (Å²) in [7, 11) is -3.89. The number of phenolic OH excluding ortho intramolecular Hbond substituents is 1. The van der Waals surface area contributed by atoms with Crippen LogP contribution < -0.4 is 9.73 Å². The summed E-state index contributed by atoms with van der Waals surface area (Å²) < 4.78 is 24.9. The highest BCUT2D eigenvalue weighted by molar-refractivity contribution is 7.92. The number of para-hydroxylation sites is 1. The van der Waals surface area contributed by atoms with Crippen LogP contribution in [0.3, 0.4) is 0 Å².